The molecule has 0 aliphatic heterocycles. The Labute approximate surface area is 186 Å². The fraction of sp³-hybridized carbons (Fsp3) is 0.680. The molecule has 3 rings (SSSR count). The Hall–Kier alpha value is -1.92. The molecule has 4 unspecified atom stereocenters. The maximum absolute atomic E-state index is 13.0. The summed E-state index contributed by atoms with van der Waals surface area (Å²) < 4.78 is 5.02. The van der Waals surface area contributed by atoms with Crippen LogP contribution >= 0.6 is 0 Å². The van der Waals surface area contributed by atoms with Crippen LogP contribution in [0.2, 0.25) is 0 Å². The van der Waals surface area contributed by atoms with Gasteiger partial charge in [0.2, 0.25) is 5.91 Å². The lowest BCUT2D eigenvalue weighted by atomic mass is 9.57. The van der Waals surface area contributed by atoms with Crippen molar-refractivity contribution in [1.82, 2.24) is 10.6 Å². The highest BCUT2D eigenvalue weighted by Crippen LogP contribution is 2.63. The third-order valence-electron chi connectivity index (χ3n) is 7.62. The molecular weight excluding hydrogens is 392 g/mol. The summed E-state index contributed by atoms with van der Waals surface area (Å²) in [5, 5.41) is 17.1. The highest BCUT2D eigenvalue weighted by atomic mass is 16.5. The van der Waals surface area contributed by atoms with Gasteiger partial charge in [0.1, 0.15) is 0 Å². The Morgan fingerprint density at radius 1 is 1.13 bits per heavy atom. The maximum Gasteiger partial charge on any atom is 0.251 e. The summed E-state index contributed by atoms with van der Waals surface area (Å²) in [5.74, 6) is 0.181. The van der Waals surface area contributed by atoms with Crippen LogP contribution < -0.4 is 10.6 Å². The number of benzene rings is 1. The summed E-state index contributed by atoms with van der Waals surface area (Å²) in [5.41, 5.74) is -0.288. The zero-order valence-corrected chi connectivity index (χ0v) is 19.4. The number of aliphatic hydroxyl groups is 1. The predicted molar refractivity (Wildman–Crippen MR) is 121 cm³/mol. The molecule has 2 saturated carbocycles. The van der Waals surface area contributed by atoms with Crippen LogP contribution in [0.1, 0.15) is 69.7 Å². The number of hydrogen-bond donors (Lipinski definition) is 3. The number of carbonyl (C=O) groups excluding carboxylic acids is 2. The molecule has 1 aromatic carbocycles. The first-order valence-electron chi connectivity index (χ1n) is 11.4. The van der Waals surface area contributed by atoms with Gasteiger partial charge in [0.25, 0.3) is 5.91 Å². The van der Waals surface area contributed by atoms with Crippen molar-refractivity contribution in [3.05, 3.63) is 35.9 Å². The van der Waals surface area contributed by atoms with E-state index in [2.05, 4.69) is 24.5 Å². The van der Waals surface area contributed by atoms with Gasteiger partial charge in [-0.15, -0.1) is 0 Å². The first kappa shape index (κ1) is 23.7. The van der Waals surface area contributed by atoms with Crippen molar-refractivity contribution in [1.29, 1.82) is 0 Å². The molecule has 2 aliphatic carbocycles. The Morgan fingerprint density at radius 2 is 1.84 bits per heavy atom. The van der Waals surface area contributed by atoms with E-state index in [4.69, 9.17) is 4.74 Å². The van der Waals surface area contributed by atoms with E-state index in [1.165, 1.54) is 0 Å². The van der Waals surface area contributed by atoms with Gasteiger partial charge in [-0.3, -0.25) is 9.59 Å². The largest absolute Gasteiger partial charge is 0.390 e. The molecular formula is C25H38N2O4. The highest BCUT2D eigenvalue weighted by Gasteiger charge is 2.61. The lowest BCUT2D eigenvalue weighted by Crippen LogP contribution is -2.52. The number of methoxy groups -OCH3 is 1. The SMILES string of the molecule is COCCNC(=O)CCC12CCC(C)(O)CC1C(C)(C)CC2NC(=O)c1ccccc1. The molecule has 2 amide bonds. The fourth-order valence-electron chi connectivity index (χ4n) is 5.99. The molecule has 2 fully saturated rings. The van der Waals surface area contributed by atoms with Crippen LogP contribution in [0.15, 0.2) is 30.3 Å². The van der Waals surface area contributed by atoms with Gasteiger partial charge >= 0.3 is 0 Å². The first-order valence-corrected chi connectivity index (χ1v) is 11.4. The van der Waals surface area contributed by atoms with Crippen LogP contribution in [0.25, 0.3) is 0 Å². The normalized spacial score (nSPS) is 31.6. The number of amides is 2. The van der Waals surface area contributed by atoms with Crippen molar-refractivity contribution in [2.24, 2.45) is 16.7 Å². The molecule has 0 aromatic heterocycles. The maximum atomic E-state index is 13.0. The quantitative estimate of drug-likeness (QED) is 0.552. The number of ether oxygens (including phenoxy) is 1. The summed E-state index contributed by atoms with van der Waals surface area (Å²) in [6.45, 7) is 7.38. The fourth-order valence-corrected chi connectivity index (χ4v) is 5.99. The van der Waals surface area contributed by atoms with Crippen LogP contribution in [0.4, 0.5) is 0 Å². The van der Waals surface area contributed by atoms with E-state index in [1.54, 1.807) is 7.11 Å². The van der Waals surface area contributed by atoms with Crippen molar-refractivity contribution >= 4 is 11.8 Å². The molecule has 6 nitrogen and oxygen atoms in total. The summed E-state index contributed by atoms with van der Waals surface area (Å²) in [6.07, 6.45) is 4.15. The second kappa shape index (κ2) is 9.29. The molecule has 0 bridgehead atoms. The topological polar surface area (TPSA) is 87.7 Å². The minimum absolute atomic E-state index is 0.0142. The molecule has 0 heterocycles. The van der Waals surface area contributed by atoms with E-state index >= 15 is 0 Å². The van der Waals surface area contributed by atoms with E-state index in [0.717, 1.165) is 12.8 Å². The molecule has 0 saturated heterocycles. The molecule has 0 spiro atoms. The number of carbonyl (C=O) groups is 2. The van der Waals surface area contributed by atoms with Crippen LogP contribution in [0, 0.1) is 16.7 Å². The van der Waals surface area contributed by atoms with Crippen LogP contribution in [-0.2, 0) is 9.53 Å². The number of hydrogen-bond acceptors (Lipinski definition) is 4. The van der Waals surface area contributed by atoms with E-state index in [1.807, 2.05) is 37.3 Å². The van der Waals surface area contributed by atoms with Crippen molar-refractivity contribution in [3.8, 4) is 0 Å². The minimum Gasteiger partial charge on any atom is -0.390 e. The number of rotatable bonds is 8. The van der Waals surface area contributed by atoms with Crippen molar-refractivity contribution < 1.29 is 19.4 Å². The molecule has 0 radical (unpaired) electrons. The zero-order chi connectivity index (χ0) is 22.7. The highest BCUT2D eigenvalue weighted by molar-refractivity contribution is 5.94. The standard InChI is InChI=1S/C25H38N2O4/c1-23(2)17-20(27-22(29)18-8-6-5-7-9-18)25(11-10-21(28)26-14-15-31-4)13-12-24(3,30)16-19(23)25/h5-9,19-20,30H,10-17H2,1-4H3,(H,26,28)(H,27,29). The Kier molecular flexibility index (Phi) is 7.11. The van der Waals surface area contributed by atoms with Crippen LogP contribution in [0.3, 0.4) is 0 Å². The Balaban J connectivity index is 1.82. The average molecular weight is 431 g/mol. The van der Waals surface area contributed by atoms with E-state index < -0.39 is 5.60 Å². The van der Waals surface area contributed by atoms with Crippen LogP contribution in [0.5, 0.6) is 0 Å². The van der Waals surface area contributed by atoms with Gasteiger partial charge in [-0.1, -0.05) is 32.0 Å². The molecule has 3 N–H and O–H groups in total. The van der Waals surface area contributed by atoms with Gasteiger partial charge in [-0.2, -0.15) is 0 Å². The summed E-state index contributed by atoms with van der Waals surface area (Å²) >= 11 is 0. The average Bonchev–Trinajstić information content (AvgIpc) is 2.93. The molecule has 1 aromatic rings. The van der Waals surface area contributed by atoms with Crippen molar-refractivity contribution in [3.63, 3.8) is 0 Å². The third-order valence-corrected chi connectivity index (χ3v) is 7.62. The third kappa shape index (κ3) is 5.29. The lowest BCUT2D eigenvalue weighted by molar-refractivity contribution is -0.123. The first-order chi connectivity index (χ1) is 14.6. The van der Waals surface area contributed by atoms with Gasteiger partial charge in [0.05, 0.1) is 12.2 Å². The summed E-state index contributed by atoms with van der Waals surface area (Å²) in [7, 11) is 1.62. The monoisotopic (exact) mass is 430 g/mol. The van der Waals surface area contributed by atoms with Crippen molar-refractivity contribution in [2.75, 3.05) is 20.3 Å². The number of fused-ring (bicyclic) bond motifs is 1. The molecule has 2 aliphatic rings. The van der Waals surface area contributed by atoms with Gasteiger partial charge in [0, 0.05) is 31.7 Å². The van der Waals surface area contributed by atoms with E-state index in [0.29, 0.717) is 44.4 Å². The van der Waals surface area contributed by atoms with Gasteiger partial charge in [-0.25, -0.2) is 0 Å². The summed E-state index contributed by atoms with van der Waals surface area (Å²) in [6, 6.07) is 9.27. The lowest BCUT2D eigenvalue weighted by Gasteiger charge is -2.50. The minimum atomic E-state index is -0.704. The Morgan fingerprint density at radius 3 is 2.52 bits per heavy atom. The Bertz CT molecular complexity index is 777. The van der Waals surface area contributed by atoms with Gasteiger partial charge in [-0.05, 0) is 67.9 Å². The smallest absolute Gasteiger partial charge is 0.251 e. The summed E-state index contributed by atoms with van der Waals surface area (Å²) in [4.78, 5) is 25.5. The van der Waals surface area contributed by atoms with Gasteiger partial charge in [0.15, 0.2) is 0 Å². The second-order valence-electron chi connectivity index (χ2n) is 10.4. The number of nitrogens with one attached hydrogen (secondary N) is 2. The van der Waals surface area contributed by atoms with Gasteiger partial charge < -0.3 is 20.5 Å². The molecule has 4 atom stereocenters. The van der Waals surface area contributed by atoms with Crippen molar-refractivity contribution in [2.45, 2.75) is 70.9 Å². The molecule has 31 heavy (non-hydrogen) atoms. The van der Waals surface area contributed by atoms with E-state index in [-0.39, 0.29) is 34.6 Å². The van der Waals surface area contributed by atoms with Crippen LogP contribution in [-0.4, -0.2) is 48.8 Å². The zero-order valence-electron chi connectivity index (χ0n) is 19.4. The second-order valence-corrected chi connectivity index (χ2v) is 10.4. The molecule has 172 valence electrons. The molecule has 6 heteroatoms. The predicted octanol–water partition coefficient (Wildman–Crippen LogP) is 3.30. The van der Waals surface area contributed by atoms with E-state index in [9.17, 15) is 14.7 Å².